The van der Waals surface area contributed by atoms with Crippen LogP contribution in [0.25, 0.3) is 0 Å². The molecule has 0 saturated carbocycles. The zero-order chi connectivity index (χ0) is 46.9. The first-order chi connectivity index (χ1) is 31.2. The van der Waals surface area contributed by atoms with E-state index in [0.29, 0.717) is 19.3 Å². The van der Waals surface area contributed by atoms with Crippen molar-refractivity contribution in [3.05, 3.63) is 0 Å². The van der Waals surface area contributed by atoms with Crippen LogP contribution in [0.3, 0.4) is 0 Å². The van der Waals surface area contributed by atoms with Gasteiger partial charge >= 0.3 is 0 Å². The Morgan fingerprint density at radius 2 is 0.812 bits per heavy atom. The molecule has 1 aliphatic heterocycles. The van der Waals surface area contributed by atoms with Crippen molar-refractivity contribution in [2.24, 2.45) is 0 Å². The number of aliphatic hydroxyl groups excluding tert-OH is 7. The molecular weight excluding hydrogens is 811 g/mol. The van der Waals surface area contributed by atoms with E-state index < -0.39 is 74.2 Å². The summed E-state index contributed by atoms with van der Waals surface area (Å²) in [5.41, 5.74) is 0. The highest BCUT2D eigenvalue weighted by molar-refractivity contribution is 5.80. The van der Waals surface area contributed by atoms with Crippen molar-refractivity contribution < 1.29 is 50.0 Å². The molecule has 1 saturated heterocycles. The van der Waals surface area contributed by atoms with Gasteiger partial charge in [0.1, 0.15) is 36.6 Å². The van der Waals surface area contributed by atoms with Crippen LogP contribution in [0.15, 0.2) is 0 Å². The molecular formula is C53H105NO10. The van der Waals surface area contributed by atoms with Gasteiger partial charge in [-0.25, -0.2) is 0 Å². The van der Waals surface area contributed by atoms with E-state index in [1.807, 2.05) is 0 Å². The fourth-order valence-electron chi connectivity index (χ4n) is 9.15. The first-order valence-corrected chi connectivity index (χ1v) is 27.4. The highest BCUT2D eigenvalue weighted by Crippen LogP contribution is 2.23. The number of amides is 1. The molecule has 0 bridgehead atoms. The van der Waals surface area contributed by atoms with E-state index >= 15 is 0 Å². The lowest BCUT2D eigenvalue weighted by atomic mass is 9.98. The standard InChI is InChI=1S/C53H105NO10/c1-3-5-7-9-11-12-13-14-15-16-17-18-19-20-21-22-23-24-25-26-27-28-29-30-31-32-33-35-37-39-41-46(57)52(62)54-44(48(58)45(56)40-38-36-34-10-8-6-4-2)43-63-53-51(61)50(60)49(59)47(42-55)64-53/h44-51,53,55-61H,3-43H2,1-2H3,(H,54,62). The maximum absolute atomic E-state index is 13.1. The third-order valence-electron chi connectivity index (χ3n) is 13.7. The predicted octanol–water partition coefficient (Wildman–Crippen LogP) is 10.6. The van der Waals surface area contributed by atoms with Crippen LogP contribution >= 0.6 is 0 Å². The van der Waals surface area contributed by atoms with Crippen LogP contribution in [0.5, 0.6) is 0 Å². The van der Waals surface area contributed by atoms with E-state index in [1.54, 1.807) is 0 Å². The zero-order valence-corrected chi connectivity index (χ0v) is 41.5. The second kappa shape index (κ2) is 43.4. The molecule has 0 aromatic rings. The fourth-order valence-corrected chi connectivity index (χ4v) is 9.15. The first kappa shape index (κ1) is 61.1. The van der Waals surface area contributed by atoms with Crippen LogP contribution in [0, 0.1) is 0 Å². The Morgan fingerprint density at radius 1 is 0.484 bits per heavy atom. The molecule has 11 nitrogen and oxygen atoms in total. The highest BCUT2D eigenvalue weighted by Gasteiger charge is 2.44. The minimum absolute atomic E-state index is 0.266. The molecule has 11 heteroatoms. The van der Waals surface area contributed by atoms with E-state index in [9.17, 15) is 40.5 Å². The number of hydrogen-bond donors (Lipinski definition) is 8. The summed E-state index contributed by atoms with van der Waals surface area (Å²) in [6.45, 7) is 3.41. The van der Waals surface area contributed by atoms with Crippen molar-refractivity contribution >= 4 is 5.91 Å². The summed E-state index contributed by atoms with van der Waals surface area (Å²) in [5, 5.41) is 75.5. The average molecular weight is 916 g/mol. The molecule has 0 aromatic carbocycles. The SMILES string of the molecule is CCCCCCCCCCCCCCCCCCCCCCCCCCCCCCCCC(O)C(=O)NC(COC1OC(CO)C(O)C(O)C1O)C(O)C(O)CCCCCCCCC. The molecule has 1 fully saturated rings. The van der Waals surface area contributed by atoms with E-state index in [0.717, 1.165) is 44.9 Å². The Labute approximate surface area is 392 Å². The van der Waals surface area contributed by atoms with Crippen molar-refractivity contribution in [1.82, 2.24) is 5.32 Å². The third-order valence-corrected chi connectivity index (χ3v) is 13.7. The minimum Gasteiger partial charge on any atom is -0.394 e. The molecule has 1 rings (SSSR count). The van der Waals surface area contributed by atoms with Gasteiger partial charge < -0.3 is 50.5 Å². The van der Waals surface area contributed by atoms with Crippen LogP contribution in [0.2, 0.25) is 0 Å². The van der Waals surface area contributed by atoms with E-state index in [1.165, 1.54) is 180 Å². The summed E-state index contributed by atoms with van der Waals surface area (Å²) in [5.74, 6) is -0.694. The molecule has 0 spiro atoms. The largest absolute Gasteiger partial charge is 0.394 e. The topological polar surface area (TPSA) is 189 Å². The van der Waals surface area contributed by atoms with Gasteiger partial charge in [-0.1, -0.05) is 251 Å². The Bertz CT molecular complexity index is 1010. The number of aliphatic hydroxyl groups is 7. The average Bonchev–Trinajstić information content (AvgIpc) is 3.29. The Kier molecular flexibility index (Phi) is 41.4. The number of carbonyl (C=O) groups excluding carboxylic acids is 1. The van der Waals surface area contributed by atoms with Crippen LogP contribution in [-0.4, -0.2) is 110 Å². The molecule has 382 valence electrons. The maximum atomic E-state index is 13.1. The molecule has 9 atom stereocenters. The molecule has 8 N–H and O–H groups in total. The van der Waals surface area contributed by atoms with Gasteiger partial charge in [0.25, 0.3) is 0 Å². The number of nitrogens with one attached hydrogen (secondary N) is 1. The van der Waals surface area contributed by atoms with Gasteiger partial charge in [-0.2, -0.15) is 0 Å². The lowest BCUT2D eigenvalue weighted by molar-refractivity contribution is -0.303. The summed E-state index contributed by atoms with van der Waals surface area (Å²) in [6.07, 6.45) is 36.5. The number of hydrogen-bond acceptors (Lipinski definition) is 10. The molecule has 0 aliphatic carbocycles. The van der Waals surface area contributed by atoms with Gasteiger partial charge in [0, 0.05) is 0 Å². The second-order valence-corrected chi connectivity index (χ2v) is 19.7. The number of unbranched alkanes of at least 4 members (excludes halogenated alkanes) is 35. The molecule has 9 unspecified atom stereocenters. The quantitative estimate of drug-likeness (QED) is 0.0273. The van der Waals surface area contributed by atoms with Crippen molar-refractivity contribution in [3.8, 4) is 0 Å². The van der Waals surface area contributed by atoms with E-state index in [2.05, 4.69) is 19.2 Å². The summed E-state index contributed by atoms with van der Waals surface area (Å²) in [4.78, 5) is 13.1. The monoisotopic (exact) mass is 916 g/mol. The van der Waals surface area contributed by atoms with Gasteiger partial charge in [-0.15, -0.1) is 0 Å². The van der Waals surface area contributed by atoms with Crippen molar-refractivity contribution in [1.29, 1.82) is 0 Å². The Balaban J connectivity index is 2.13. The predicted molar refractivity (Wildman–Crippen MR) is 261 cm³/mol. The lowest BCUT2D eigenvalue weighted by Gasteiger charge is -2.40. The summed E-state index contributed by atoms with van der Waals surface area (Å²) in [6, 6.07) is -1.16. The number of carbonyl (C=O) groups is 1. The van der Waals surface area contributed by atoms with Crippen molar-refractivity contribution in [3.63, 3.8) is 0 Å². The summed E-state index contributed by atoms with van der Waals surface area (Å²) >= 11 is 0. The second-order valence-electron chi connectivity index (χ2n) is 19.7. The van der Waals surface area contributed by atoms with Gasteiger partial charge in [0.15, 0.2) is 6.29 Å². The van der Waals surface area contributed by atoms with Crippen LogP contribution in [0.4, 0.5) is 0 Å². The normalized spacial score (nSPS) is 20.9. The van der Waals surface area contributed by atoms with Crippen LogP contribution in [-0.2, 0) is 14.3 Å². The molecule has 0 radical (unpaired) electrons. The zero-order valence-electron chi connectivity index (χ0n) is 41.5. The molecule has 0 aromatic heterocycles. The van der Waals surface area contributed by atoms with Gasteiger partial charge in [0.05, 0.1) is 25.4 Å². The van der Waals surface area contributed by atoms with Crippen LogP contribution in [0.1, 0.15) is 264 Å². The van der Waals surface area contributed by atoms with Gasteiger partial charge in [-0.3, -0.25) is 4.79 Å². The number of rotatable bonds is 47. The molecule has 64 heavy (non-hydrogen) atoms. The molecule has 1 aliphatic rings. The highest BCUT2D eigenvalue weighted by atomic mass is 16.7. The maximum Gasteiger partial charge on any atom is 0.249 e. The Hall–Kier alpha value is -0.890. The molecule has 1 heterocycles. The first-order valence-electron chi connectivity index (χ1n) is 27.4. The van der Waals surface area contributed by atoms with Crippen molar-refractivity contribution in [2.45, 2.75) is 319 Å². The number of ether oxygens (including phenoxy) is 2. The Morgan fingerprint density at radius 3 is 1.16 bits per heavy atom. The van der Waals surface area contributed by atoms with Crippen molar-refractivity contribution in [2.75, 3.05) is 13.2 Å². The molecule has 1 amide bonds. The lowest BCUT2D eigenvalue weighted by Crippen LogP contribution is -2.60. The van der Waals surface area contributed by atoms with Gasteiger partial charge in [0.2, 0.25) is 5.91 Å². The third kappa shape index (κ3) is 32.0. The fraction of sp³-hybridized carbons (Fsp3) is 0.981. The summed E-state index contributed by atoms with van der Waals surface area (Å²) in [7, 11) is 0. The minimum atomic E-state index is -1.66. The summed E-state index contributed by atoms with van der Waals surface area (Å²) < 4.78 is 11.1. The van der Waals surface area contributed by atoms with E-state index in [-0.39, 0.29) is 6.42 Å². The van der Waals surface area contributed by atoms with Gasteiger partial charge in [-0.05, 0) is 12.8 Å². The van der Waals surface area contributed by atoms with Crippen LogP contribution < -0.4 is 5.32 Å². The van der Waals surface area contributed by atoms with E-state index in [4.69, 9.17) is 9.47 Å². The smallest absolute Gasteiger partial charge is 0.249 e.